The van der Waals surface area contributed by atoms with E-state index in [1.54, 1.807) is 36.4 Å². The van der Waals surface area contributed by atoms with Crippen molar-refractivity contribution < 1.29 is 19.1 Å². The van der Waals surface area contributed by atoms with Crippen LogP contribution in [-0.4, -0.2) is 41.5 Å². The molecule has 4 rings (SSSR count). The number of hydrogen-bond donors (Lipinski definition) is 5. The molecule has 5 N–H and O–H groups in total. The standard InChI is InChI=1S/C26H27Cl2N7O4/c1-13(15-5-7-18(27)21(9-15)38-3)30-25(36)32-23-11-20-17(12-29-23)24(35-34-20)33-26(37)31-14(2)16-6-8-19(28)22(10-16)39-4/h5-14H,1-4H3,(H2,29,30,32,36)(H3,31,33,34,35,37). The lowest BCUT2D eigenvalue weighted by Gasteiger charge is -2.16. The van der Waals surface area contributed by atoms with Crippen molar-refractivity contribution in [3.05, 3.63) is 69.8 Å². The van der Waals surface area contributed by atoms with Crippen LogP contribution in [-0.2, 0) is 0 Å². The number of amides is 4. The number of aromatic nitrogens is 3. The molecule has 0 saturated heterocycles. The van der Waals surface area contributed by atoms with Crippen LogP contribution < -0.4 is 30.7 Å². The molecule has 2 atom stereocenters. The van der Waals surface area contributed by atoms with E-state index in [9.17, 15) is 9.59 Å². The second-order valence-corrected chi connectivity index (χ2v) is 9.43. The number of pyridine rings is 1. The molecule has 0 saturated carbocycles. The maximum atomic E-state index is 12.6. The average molecular weight is 572 g/mol. The van der Waals surface area contributed by atoms with E-state index in [2.05, 4.69) is 36.4 Å². The summed E-state index contributed by atoms with van der Waals surface area (Å²) in [6.45, 7) is 3.67. The average Bonchev–Trinajstić information content (AvgIpc) is 3.30. The first-order chi connectivity index (χ1) is 18.7. The van der Waals surface area contributed by atoms with Crippen LogP contribution in [0.4, 0.5) is 21.2 Å². The first kappa shape index (κ1) is 27.8. The van der Waals surface area contributed by atoms with Crippen LogP contribution in [0.2, 0.25) is 10.0 Å². The molecule has 0 spiro atoms. The molecule has 204 valence electrons. The molecule has 13 heteroatoms. The van der Waals surface area contributed by atoms with Gasteiger partial charge in [0.2, 0.25) is 0 Å². The number of methoxy groups -OCH3 is 2. The molecule has 0 aliphatic rings. The van der Waals surface area contributed by atoms with Crippen LogP contribution in [0.3, 0.4) is 0 Å². The van der Waals surface area contributed by atoms with E-state index in [4.69, 9.17) is 32.7 Å². The second-order valence-electron chi connectivity index (χ2n) is 8.62. The van der Waals surface area contributed by atoms with Crippen LogP contribution in [0.15, 0.2) is 48.7 Å². The number of nitrogens with one attached hydrogen (secondary N) is 5. The fourth-order valence-corrected chi connectivity index (χ4v) is 4.21. The molecule has 0 bridgehead atoms. The Morgan fingerprint density at radius 2 is 1.38 bits per heavy atom. The molecule has 11 nitrogen and oxygen atoms in total. The molecule has 0 aliphatic heterocycles. The molecule has 2 aromatic heterocycles. The summed E-state index contributed by atoms with van der Waals surface area (Å²) in [6.07, 6.45) is 1.50. The van der Waals surface area contributed by atoms with Crippen LogP contribution in [0, 0.1) is 0 Å². The minimum absolute atomic E-state index is 0.289. The summed E-state index contributed by atoms with van der Waals surface area (Å²) in [5.41, 5.74) is 2.21. The summed E-state index contributed by atoms with van der Waals surface area (Å²) < 4.78 is 10.5. The van der Waals surface area contributed by atoms with Crippen molar-refractivity contribution in [3.63, 3.8) is 0 Å². The van der Waals surface area contributed by atoms with Crippen LogP contribution >= 0.6 is 23.2 Å². The number of carbonyl (C=O) groups excluding carboxylic acids is 2. The zero-order valence-corrected chi connectivity index (χ0v) is 23.1. The SMILES string of the molecule is COc1cc(C(C)NC(=O)Nc2cc3[nH]nc(NC(=O)NC(C)c4ccc(Cl)c(OC)c4)c3cn2)ccc1Cl. The van der Waals surface area contributed by atoms with Gasteiger partial charge in [0.05, 0.1) is 47.3 Å². The van der Waals surface area contributed by atoms with Gasteiger partial charge in [0, 0.05) is 12.3 Å². The Bertz CT molecular complexity index is 1510. The summed E-state index contributed by atoms with van der Waals surface area (Å²) in [7, 11) is 3.05. The molecule has 4 amide bonds. The fourth-order valence-electron chi connectivity index (χ4n) is 3.82. The Morgan fingerprint density at radius 1 is 0.846 bits per heavy atom. The summed E-state index contributed by atoms with van der Waals surface area (Å²) in [6, 6.07) is 10.6. The minimum Gasteiger partial charge on any atom is -0.495 e. The number of anilines is 2. The number of fused-ring (bicyclic) bond motifs is 1. The second kappa shape index (κ2) is 12.1. The van der Waals surface area contributed by atoms with Gasteiger partial charge in [0.25, 0.3) is 0 Å². The third-order valence-electron chi connectivity index (χ3n) is 5.97. The van der Waals surface area contributed by atoms with Crippen LogP contribution in [0.25, 0.3) is 10.9 Å². The lowest BCUT2D eigenvalue weighted by atomic mass is 10.1. The van der Waals surface area contributed by atoms with E-state index in [-0.39, 0.29) is 17.9 Å². The zero-order valence-electron chi connectivity index (χ0n) is 21.6. The van der Waals surface area contributed by atoms with Gasteiger partial charge in [-0.25, -0.2) is 14.6 Å². The van der Waals surface area contributed by atoms with Crippen molar-refractivity contribution >= 4 is 57.8 Å². The number of nitrogens with zero attached hydrogens (tertiary/aromatic N) is 2. The molecular weight excluding hydrogens is 545 g/mol. The highest BCUT2D eigenvalue weighted by molar-refractivity contribution is 6.32. The highest BCUT2D eigenvalue weighted by Gasteiger charge is 2.16. The Hall–Kier alpha value is -4.22. The van der Waals surface area contributed by atoms with E-state index in [1.807, 2.05) is 19.9 Å². The first-order valence-electron chi connectivity index (χ1n) is 11.8. The number of rotatable bonds is 8. The van der Waals surface area contributed by atoms with Crippen molar-refractivity contribution in [2.45, 2.75) is 25.9 Å². The van der Waals surface area contributed by atoms with Gasteiger partial charge in [-0.3, -0.25) is 15.7 Å². The smallest absolute Gasteiger partial charge is 0.320 e. The number of hydrogen-bond acceptors (Lipinski definition) is 6. The van der Waals surface area contributed by atoms with Crippen molar-refractivity contribution in [2.24, 2.45) is 0 Å². The molecule has 39 heavy (non-hydrogen) atoms. The van der Waals surface area contributed by atoms with Gasteiger partial charge in [-0.2, -0.15) is 5.10 Å². The van der Waals surface area contributed by atoms with Gasteiger partial charge in [0.1, 0.15) is 17.3 Å². The summed E-state index contributed by atoms with van der Waals surface area (Å²) in [4.78, 5) is 29.4. The molecule has 0 fully saturated rings. The largest absolute Gasteiger partial charge is 0.495 e. The Balaban J connectivity index is 1.36. The maximum Gasteiger partial charge on any atom is 0.320 e. The highest BCUT2D eigenvalue weighted by Crippen LogP contribution is 2.29. The van der Waals surface area contributed by atoms with E-state index in [0.717, 1.165) is 11.1 Å². The summed E-state index contributed by atoms with van der Waals surface area (Å²) in [5.74, 6) is 1.63. The normalized spacial score (nSPS) is 12.4. The predicted octanol–water partition coefficient (Wildman–Crippen LogP) is 6.05. The Labute approximate surface area is 234 Å². The van der Waals surface area contributed by atoms with Gasteiger partial charge in [-0.1, -0.05) is 35.3 Å². The number of benzene rings is 2. The van der Waals surface area contributed by atoms with E-state index < -0.39 is 12.1 Å². The third kappa shape index (κ3) is 6.62. The Morgan fingerprint density at radius 3 is 1.92 bits per heavy atom. The maximum absolute atomic E-state index is 12.6. The lowest BCUT2D eigenvalue weighted by molar-refractivity contribution is 0.248. The summed E-state index contributed by atoms with van der Waals surface area (Å²) in [5, 5.41) is 19.6. The summed E-state index contributed by atoms with van der Waals surface area (Å²) >= 11 is 12.2. The van der Waals surface area contributed by atoms with Crippen molar-refractivity contribution in [3.8, 4) is 11.5 Å². The minimum atomic E-state index is -0.459. The lowest BCUT2D eigenvalue weighted by Crippen LogP contribution is -2.31. The molecule has 4 aromatic rings. The van der Waals surface area contributed by atoms with Crippen molar-refractivity contribution in [1.82, 2.24) is 25.8 Å². The Kier molecular flexibility index (Phi) is 8.62. The zero-order chi connectivity index (χ0) is 28.1. The quantitative estimate of drug-likeness (QED) is 0.174. The van der Waals surface area contributed by atoms with Gasteiger partial charge in [0.15, 0.2) is 5.82 Å². The van der Waals surface area contributed by atoms with E-state index >= 15 is 0 Å². The number of carbonyl (C=O) groups is 2. The number of H-pyrrole nitrogens is 1. The third-order valence-corrected chi connectivity index (χ3v) is 6.59. The van der Waals surface area contributed by atoms with Gasteiger partial charge < -0.3 is 20.1 Å². The number of ether oxygens (including phenoxy) is 2. The highest BCUT2D eigenvalue weighted by atomic mass is 35.5. The molecule has 0 radical (unpaired) electrons. The van der Waals surface area contributed by atoms with Crippen LogP contribution in [0.1, 0.15) is 37.1 Å². The van der Waals surface area contributed by atoms with Crippen molar-refractivity contribution in [1.29, 1.82) is 0 Å². The van der Waals surface area contributed by atoms with Crippen molar-refractivity contribution in [2.75, 3.05) is 24.9 Å². The first-order valence-corrected chi connectivity index (χ1v) is 12.6. The van der Waals surface area contributed by atoms with E-state index in [1.165, 1.54) is 20.4 Å². The van der Waals surface area contributed by atoms with Gasteiger partial charge >= 0.3 is 12.1 Å². The number of aromatic amines is 1. The number of urea groups is 2. The van der Waals surface area contributed by atoms with Gasteiger partial charge in [-0.05, 0) is 49.2 Å². The topological polar surface area (TPSA) is 142 Å². The molecule has 2 aromatic carbocycles. The molecular formula is C26H27Cl2N7O4. The van der Waals surface area contributed by atoms with Gasteiger partial charge in [-0.15, -0.1) is 0 Å². The monoisotopic (exact) mass is 571 g/mol. The van der Waals surface area contributed by atoms with Crippen LogP contribution in [0.5, 0.6) is 11.5 Å². The molecule has 2 unspecified atom stereocenters. The molecule has 2 heterocycles. The predicted molar refractivity (Wildman–Crippen MR) is 151 cm³/mol. The van der Waals surface area contributed by atoms with E-state index in [0.29, 0.717) is 38.3 Å². The molecule has 0 aliphatic carbocycles. The fraction of sp³-hybridized carbons (Fsp3) is 0.231. The number of halogens is 2.